The number of hydrogen-bond acceptors (Lipinski definition) is 1. The van der Waals surface area contributed by atoms with Crippen molar-refractivity contribution in [2.45, 2.75) is 99.0 Å². The normalized spacial score (nSPS) is 15.6. The summed E-state index contributed by atoms with van der Waals surface area (Å²) in [7, 11) is -1.88. The lowest BCUT2D eigenvalue weighted by Gasteiger charge is -2.26. The average molecular weight is 842 g/mol. The highest BCUT2D eigenvalue weighted by Crippen LogP contribution is 2.53. The molecule has 0 N–H and O–H groups in total. The van der Waals surface area contributed by atoms with E-state index in [1.165, 1.54) is 77.7 Å². The van der Waals surface area contributed by atoms with Gasteiger partial charge in [0, 0.05) is 33.2 Å². The molecule has 0 aliphatic carbocycles. The number of aryl methyl sites for hydroxylation is 1. The highest BCUT2D eigenvalue weighted by molar-refractivity contribution is 6.89. The van der Waals surface area contributed by atoms with E-state index in [2.05, 4.69) is 222 Å². The van der Waals surface area contributed by atoms with Gasteiger partial charge in [0.25, 0.3) is 0 Å². The Morgan fingerprint density at radius 2 is 1.38 bits per heavy atom. The summed E-state index contributed by atoms with van der Waals surface area (Å²) in [5.74, 6) is 1.67. The molecule has 1 atom stereocenters. The first kappa shape index (κ1) is 39.8. The van der Waals surface area contributed by atoms with Crippen molar-refractivity contribution < 1.29 is 13.6 Å². The molecule has 9 aromatic rings. The minimum absolute atomic E-state index is 0.139. The predicted molar refractivity (Wildman–Crippen MR) is 264 cm³/mol. The molecular weight excluding hydrogens is 783 g/mol. The molecule has 0 fully saturated rings. The number of rotatable bonds is 6. The summed E-state index contributed by atoms with van der Waals surface area (Å²) < 4.78 is 15.3. The van der Waals surface area contributed by atoms with Crippen molar-refractivity contribution in [3.63, 3.8) is 0 Å². The zero-order valence-corrected chi connectivity index (χ0v) is 39.8. The Morgan fingerprint density at radius 1 is 0.698 bits per heavy atom. The van der Waals surface area contributed by atoms with Gasteiger partial charge in [-0.25, -0.2) is 0 Å². The van der Waals surface area contributed by atoms with Crippen LogP contribution in [-0.4, -0.2) is 12.6 Å². The van der Waals surface area contributed by atoms with Gasteiger partial charge in [0.15, 0.2) is 22.8 Å². The first-order valence-corrected chi connectivity index (χ1v) is 26.5. The van der Waals surface area contributed by atoms with Crippen LogP contribution in [0.2, 0.25) is 19.6 Å². The molecule has 63 heavy (non-hydrogen) atoms. The Labute approximate surface area is 373 Å². The van der Waals surface area contributed by atoms with Crippen LogP contribution in [0.25, 0.3) is 72.4 Å². The van der Waals surface area contributed by atoms with Crippen LogP contribution in [0, 0.1) is 12.3 Å². The molecule has 5 heterocycles. The van der Waals surface area contributed by atoms with Crippen molar-refractivity contribution >= 4 is 46.2 Å². The van der Waals surface area contributed by atoms with Crippen LogP contribution in [0.3, 0.4) is 0 Å². The van der Waals surface area contributed by atoms with Gasteiger partial charge in [-0.3, -0.25) is 0 Å². The second-order valence-corrected chi connectivity index (χ2v) is 26.3. The molecule has 6 aromatic carbocycles. The summed E-state index contributed by atoms with van der Waals surface area (Å²) in [5.41, 5.74) is 19.1. The SMILES string of the molecule is Cc1ccc2c(c1)C1(c3ccc4c(oc5ccccc54)c3-c3n(-c4c(C(C)C)cc(-c5ccccc5)cc4C(C)C)c4ccccc4[n+]31)[n+]1cc([Si](C)(C)C)c(CC(C)(C)C)cc1-2. The van der Waals surface area contributed by atoms with Crippen LogP contribution < -0.4 is 14.3 Å². The molecule has 5 heteroatoms. The molecule has 3 aromatic heterocycles. The lowest BCUT2D eigenvalue weighted by Crippen LogP contribution is -2.72. The van der Waals surface area contributed by atoms with Gasteiger partial charge < -0.3 is 4.42 Å². The van der Waals surface area contributed by atoms with Crippen molar-refractivity contribution in [1.29, 1.82) is 0 Å². The summed E-state index contributed by atoms with van der Waals surface area (Å²) in [6.45, 7) is 26.4. The van der Waals surface area contributed by atoms with Crippen molar-refractivity contribution in [1.82, 2.24) is 4.57 Å². The van der Waals surface area contributed by atoms with Gasteiger partial charge in [-0.1, -0.05) is 140 Å². The fraction of sp³-hybridized carbons (Fsp3) is 0.276. The number of imidazole rings is 1. The molecule has 0 amide bonds. The molecule has 11 rings (SSSR count). The summed E-state index contributed by atoms with van der Waals surface area (Å²) >= 11 is 0. The second kappa shape index (κ2) is 13.7. The van der Waals surface area contributed by atoms with Crippen molar-refractivity contribution in [2.75, 3.05) is 0 Å². The summed E-state index contributed by atoms with van der Waals surface area (Å²) in [6.07, 6.45) is 3.63. The van der Waals surface area contributed by atoms with Crippen LogP contribution in [0.15, 0.2) is 138 Å². The van der Waals surface area contributed by atoms with Crippen LogP contribution in [0.5, 0.6) is 0 Å². The summed E-state index contributed by atoms with van der Waals surface area (Å²) in [5, 5.41) is 3.82. The molecule has 2 aliphatic rings. The maximum Gasteiger partial charge on any atom is 0.364 e. The molecule has 1 spiro atoms. The molecule has 314 valence electrons. The number of pyridine rings is 1. The highest BCUT2D eigenvalue weighted by atomic mass is 28.3. The number of fused-ring (bicyclic) bond motifs is 16. The van der Waals surface area contributed by atoms with E-state index >= 15 is 0 Å². The number of hydrogen-bond donors (Lipinski definition) is 0. The number of aromatic nitrogens is 3. The van der Waals surface area contributed by atoms with Crippen LogP contribution >= 0.6 is 0 Å². The van der Waals surface area contributed by atoms with Crippen molar-refractivity contribution in [3.05, 3.63) is 167 Å². The van der Waals surface area contributed by atoms with E-state index in [0.717, 1.165) is 39.7 Å². The monoisotopic (exact) mass is 841 g/mol. The maximum absolute atomic E-state index is 7.20. The topological polar surface area (TPSA) is 25.8 Å². The number of nitrogens with zero attached hydrogens (tertiary/aromatic N) is 3. The Bertz CT molecular complexity index is 3320. The first-order chi connectivity index (χ1) is 30.1. The third-order valence-electron chi connectivity index (χ3n) is 13.9. The lowest BCUT2D eigenvalue weighted by molar-refractivity contribution is -0.944. The van der Waals surface area contributed by atoms with Gasteiger partial charge >= 0.3 is 11.5 Å². The lowest BCUT2D eigenvalue weighted by atomic mass is 9.87. The smallest absolute Gasteiger partial charge is 0.364 e. The fourth-order valence-corrected chi connectivity index (χ4v) is 12.9. The van der Waals surface area contributed by atoms with E-state index in [4.69, 9.17) is 4.42 Å². The van der Waals surface area contributed by atoms with Crippen LogP contribution in [-0.2, 0) is 12.1 Å². The third kappa shape index (κ3) is 5.71. The van der Waals surface area contributed by atoms with E-state index in [1.807, 2.05) is 0 Å². The molecule has 0 radical (unpaired) electrons. The minimum atomic E-state index is -1.88. The minimum Gasteiger partial charge on any atom is -0.455 e. The molecule has 0 saturated heterocycles. The largest absolute Gasteiger partial charge is 0.455 e. The Morgan fingerprint density at radius 3 is 2.08 bits per heavy atom. The maximum atomic E-state index is 7.20. The van der Waals surface area contributed by atoms with Gasteiger partial charge in [-0.05, 0) is 102 Å². The van der Waals surface area contributed by atoms with E-state index in [0.29, 0.717) is 0 Å². The zero-order valence-electron chi connectivity index (χ0n) is 38.8. The standard InChI is InChI=1S/C58H59N3OSi/c1-35(2)44-30-39(38-19-13-12-14-20-38)31-45(36(3)4)54(44)60-48-22-16-17-23-49(48)61-56(60)53-46(28-27-42-41-21-15-18-24-51(41)62-55(42)53)58(61)47-29-37(5)25-26-43(47)50-32-40(33-57(6,7)8)52(34-59(50)58)63(9,10)11/h12-32,34-36H,33H2,1-11H3/q+2. The quantitative estimate of drug-likeness (QED) is 0.121. The number of furan rings is 1. The van der Waals surface area contributed by atoms with Crippen LogP contribution in [0.1, 0.15) is 93.7 Å². The Kier molecular flexibility index (Phi) is 8.67. The van der Waals surface area contributed by atoms with Gasteiger partial charge in [0.2, 0.25) is 5.69 Å². The van der Waals surface area contributed by atoms with E-state index < -0.39 is 13.7 Å². The second-order valence-electron chi connectivity index (χ2n) is 21.3. The van der Waals surface area contributed by atoms with E-state index in [1.54, 1.807) is 0 Å². The van der Waals surface area contributed by atoms with E-state index in [-0.39, 0.29) is 17.3 Å². The average Bonchev–Trinajstić information content (AvgIpc) is 3.95. The molecule has 2 aliphatic heterocycles. The third-order valence-corrected chi connectivity index (χ3v) is 15.9. The molecule has 4 nitrogen and oxygen atoms in total. The van der Waals surface area contributed by atoms with Crippen molar-refractivity contribution in [2.24, 2.45) is 5.41 Å². The van der Waals surface area contributed by atoms with Crippen LogP contribution in [0.4, 0.5) is 0 Å². The molecule has 0 bridgehead atoms. The molecule has 1 unspecified atom stereocenters. The predicted octanol–water partition coefficient (Wildman–Crippen LogP) is 13.7. The fourth-order valence-electron chi connectivity index (χ4n) is 11.3. The molecular formula is C58H59N3OSi+2. The summed E-state index contributed by atoms with van der Waals surface area (Å²) in [4.78, 5) is 0. The van der Waals surface area contributed by atoms with E-state index in [9.17, 15) is 0 Å². The zero-order chi connectivity index (χ0) is 43.9. The van der Waals surface area contributed by atoms with Gasteiger partial charge in [0.1, 0.15) is 16.8 Å². The van der Waals surface area contributed by atoms with Gasteiger partial charge in [0.05, 0.1) is 24.8 Å². The van der Waals surface area contributed by atoms with Crippen molar-refractivity contribution in [3.8, 4) is 39.5 Å². The summed E-state index contributed by atoms with van der Waals surface area (Å²) in [6, 6.07) is 48.1. The molecule has 0 saturated carbocycles. The van der Waals surface area contributed by atoms with Gasteiger partial charge in [-0.2, -0.15) is 4.57 Å². The first-order valence-electron chi connectivity index (χ1n) is 23.0. The Hall–Kier alpha value is -6.04. The highest BCUT2D eigenvalue weighted by Gasteiger charge is 2.67. The number of para-hydroxylation sites is 3. The number of benzene rings is 6. The Balaban J connectivity index is 1.38. The van der Waals surface area contributed by atoms with Gasteiger partial charge in [-0.15, -0.1) is 9.13 Å².